The summed E-state index contributed by atoms with van der Waals surface area (Å²) in [5.74, 6) is 2.49. The van der Waals surface area contributed by atoms with E-state index in [9.17, 15) is 4.79 Å². The smallest absolute Gasteiger partial charge is 0.263 e. The van der Waals surface area contributed by atoms with Crippen LogP contribution in [0.2, 0.25) is 5.02 Å². The molecule has 1 saturated carbocycles. The Labute approximate surface area is 176 Å². The van der Waals surface area contributed by atoms with Gasteiger partial charge in [-0.25, -0.2) is 9.97 Å². The maximum Gasteiger partial charge on any atom is 0.263 e. The van der Waals surface area contributed by atoms with Crippen molar-refractivity contribution in [1.82, 2.24) is 24.7 Å². The second kappa shape index (κ2) is 6.63. The predicted molar refractivity (Wildman–Crippen MR) is 111 cm³/mol. The molecule has 1 aliphatic carbocycles. The molecule has 4 heterocycles. The van der Waals surface area contributed by atoms with Crippen LogP contribution in [-0.4, -0.2) is 37.8 Å². The first kappa shape index (κ1) is 17.6. The van der Waals surface area contributed by atoms with Gasteiger partial charge in [-0.2, -0.15) is 4.98 Å². The van der Waals surface area contributed by atoms with E-state index in [1.807, 2.05) is 18.2 Å². The van der Waals surface area contributed by atoms with E-state index in [1.54, 1.807) is 18.3 Å². The minimum Gasteiger partial charge on any atom is -0.371 e. The number of aromatic nitrogens is 5. The highest BCUT2D eigenvalue weighted by Crippen LogP contribution is 2.57. The lowest BCUT2D eigenvalue weighted by molar-refractivity contribution is 0.363. The molecule has 2 fully saturated rings. The van der Waals surface area contributed by atoms with Gasteiger partial charge in [0, 0.05) is 35.9 Å². The molecule has 150 valence electrons. The highest BCUT2D eigenvalue weighted by Gasteiger charge is 2.58. The summed E-state index contributed by atoms with van der Waals surface area (Å²) in [5, 5.41) is 5.41. The molecule has 8 nitrogen and oxygen atoms in total. The number of piperidine rings is 1. The van der Waals surface area contributed by atoms with E-state index in [-0.39, 0.29) is 12.1 Å². The molecule has 0 N–H and O–H groups in total. The second-order valence-corrected chi connectivity index (χ2v) is 8.27. The lowest BCUT2D eigenvalue weighted by Gasteiger charge is -2.21. The number of anilines is 1. The number of pyridine rings is 1. The number of halogens is 1. The van der Waals surface area contributed by atoms with Crippen LogP contribution >= 0.6 is 11.6 Å². The zero-order valence-electron chi connectivity index (χ0n) is 15.8. The van der Waals surface area contributed by atoms with Crippen LogP contribution in [0.25, 0.3) is 11.0 Å². The minimum atomic E-state index is -0.173. The Morgan fingerprint density at radius 3 is 2.83 bits per heavy atom. The molecule has 1 aliphatic heterocycles. The number of hydrogen-bond acceptors (Lipinski definition) is 7. The average Bonchev–Trinajstić information content (AvgIpc) is 3.10. The van der Waals surface area contributed by atoms with E-state index in [0.717, 1.165) is 29.6 Å². The Morgan fingerprint density at radius 1 is 1.13 bits per heavy atom. The number of hydrogen-bond donors (Lipinski definition) is 0. The van der Waals surface area contributed by atoms with Crippen molar-refractivity contribution in [3.05, 3.63) is 76.0 Å². The summed E-state index contributed by atoms with van der Waals surface area (Å²) in [7, 11) is 0. The van der Waals surface area contributed by atoms with Crippen molar-refractivity contribution in [3.8, 4) is 0 Å². The Balaban J connectivity index is 1.16. The van der Waals surface area contributed by atoms with E-state index >= 15 is 0 Å². The van der Waals surface area contributed by atoms with Crippen LogP contribution in [0.1, 0.15) is 17.6 Å². The maximum absolute atomic E-state index is 12.6. The Morgan fingerprint density at radius 2 is 2.00 bits per heavy atom. The number of benzene rings is 1. The van der Waals surface area contributed by atoms with Crippen molar-refractivity contribution in [2.75, 3.05) is 18.0 Å². The average molecular weight is 421 g/mol. The van der Waals surface area contributed by atoms with Crippen LogP contribution in [0.15, 0.2) is 58.2 Å². The molecule has 0 amide bonds. The monoisotopic (exact) mass is 420 g/mol. The van der Waals surface area contributed by atoms with Crippen LogP contribution in [0.3, 0.4) is 0 Å². The molecule has 0 unspecified atom stereocenters. The molecular formula is C21H17ClN6O2. The van der Waals surface area contributed by atoms with E-state index in [1.165, 1.54) is 10.9 Å². The summed E-state index contributed by atoms with van der Waals surface area (Å²) in [5.41, 5.74) is 1.41. The highest BCUT2D eigenvalue weighted by molar-refractivity contribution is 6.30. The quantitative estimate of drug-likeness (QED) is 0.501. The van der Waals surface area contributed by atoms with E-state index in [2.05, 4.69) is 31.1 Å². The Hall–Kier alpha value is -3.26. The van der Waals surface area contributed by atoms with Gasteiger partial charge in [0.2, 0.25) is 5.89 Å². The molecule has 0 bridgehead atoms. The molecular weight excluding hydrogens is 404 g/mol. The first-order valence-corrected chi connectivity index (χ1v) is 10.2. The Bertz CT molecular complexity index is 1310. The normalized spacial score (nSPS) is 22.4. The van der Waals surface area contributed by atoms with Crippen LogP contribution < -0.4 is 10.5 Å². The van der Waals surface area contributed by atoms with E-state index in [4.69, 9.17) is 16.1 Å². The van der Waals surface area contributed by atoms with E-state index in [0.29, 0.717) is 34.7 Å². The fourth-order valence-electron chi connectivity index (χ4n) is 4.52. The summed E-state index contributed by atoms with van der Waals surface area (Å²) >= 11 is 6.12. The molecule has 30 heavy (non-hydrogen) atoms. The third-order valence-electron chi connectivity index (χ3n) is 6.05. The van der Waals surface area contributed by atoms with Crippen LogP contribution in [0.4, 0.5) is 5.69 Å². The Kier molecular flexibility index (Phi) is 3.89. The zero-order valence-corrected chi connectivity index (χ0v) is 16.6. The number of fused-ring (bicyclic) bond motifs is 2. The van der Waals surface area contributed by atoms with Crippen LogP contribution in [-0.2, 0) is 6.54 Å². The van der Waals surface area contributed by atoms with Crippen molar-refractivity contribution >= 4 is 28.3 Å². The zero-order chi connectivity index (χ0) is 20.2. The lowest BCUT2D eigenvalue weighted by Crippen LogP contribution is -2.23. The summed E-state index contributed by atoms with van der Waals surface area (Å²) < 4.78 is 6.90. The van der Waals surface area contributed by atoms with Crippen molar-refractivity contribution in [1.29, 1.82) is 0 Å². The van der Waals surface area contributed by atoms with Crippen LogP contribution in [0.5, 0.6) is 0 Å². The molecule has 0 spiro atoms. The molecule has 1 aromatic carbocycles. The topological polar surface area (TPSA) is 89.9 Å². The first-order valence-electron chi connectivity index (χ1n) is 9.80. The third-order valence-corrected chi connectivity index (χ3v) is 6.29. The minimum absolute atomic E-state index is 0.173. The van der Waals surface area contributed by atoms with Gasteiger partial charge in [-0.1, -0.05) is 22.8 Å². The van der Waals surface area contributed by atoms with Gasteiger partial charge < -0.3 is 9.42 Å². The van der Waals surface area contributed by atoms with E-state index < -0.39 is 0 Å². The van der Waals surface area contributed by atoms with Crippen molar-refractivity contribution < 1.29 is 4.52 Å². The molecule has 0 radical (unpaired) electrons. The third kappa shape index (κ3) is 2.87. The molecule has 4 aromatic rings. The SMILES string of the molecule is O=c1c2cccnc2ncn1Cc1nc([C@@H]2[C@@H]3CN(c4cccc(Cl)c4)C[C@@H]32)no1. The summed E-state index contributed by atoms with van der Waals surface area (Å²) in [6.45, 7) is 2.11. The van der Waals surface area contributed by atoms with Crippen molar-refractivity contribution in [2.45, 2.75) is 12.5 Å². The molecule has 6 rings (SSSR count). The molecule has 3 atom stereocenters. The van der Waals surface area contributed by atoms with Gasteiger partial charge in [0.1, 0.15) is 12.9 Å². The number of nitrogens with zero attached hydrogens (tertiary/aromatic N) is 6. The van der Waals surface area contributed by atoms with Gasteiger partial charge in [-0.3, -0.25) is 9.36 Å². The van der Waals surface area contributed by atoms with Gasteiger partial charge in [-0.15, -0.1) is 0 Å². The van der Waals surface area contributed by atoms with Crippen molar-refractivity contribution in [2.24, 2.45) is 11.8 Å². The van der Waals surface area contributed by atoms with Crippen LogP contribution in [0, 0.1) is 11.8 Å². The van der Waals surface area contributed by atoms with Gasteiger partial charge in [0.15, 0.2) is 11.5 Å². The largest absolute Gasteiger partial charge is 0.371 e. The first-order chi connectivity index (χ1) is 14.7. The number of rotatable bonds is 4. The lowest BCUT2D eigenvalue weighted by atomic mass is 10.2. The van der Waals surface area contributed by atoms with Gasteiger partial charge in [-0.05, 0) is 42.2 Å². The fraction of sp³-hybridized carbons (Fsp3) is 0.286. The molecule has 9 heteroatoms. The molecule has 2 aliphatic rings. The standard InChI is InChI=1S/C21H17ClN6O2/c22-12-3-1-4-13(7-12)27-8-15-16(9-27)18(15)20-25-17(30-26-20)10-28-11-24-19-14(21(28)29)5-2-6-23-19/h1-7,11,15-16,18H,8-10H2/t15-,16+,18-. The van der Waals surface area contributed by atoms with Gasteiger partial charge in [0.25, 0.3) is 5.56 Å². The van der Waals surface area contributed by atoms with Crippen molar-refractivity contribution in [3.63, 3.8) is 0 Å². The second-order valence-electron chi connectivity index (χ2n) is 7.84. The summed E-state index contributed by atoms with van der Waals surface area (Å²) in [4.78, 5) is 27.9. The maximum atomic E-state index is 12.6. The highest BCUT2D eigenvalue weighted by atomic mass is 35.5. The predicted octanol–water partition coefficient (Wildman–Crippen LogP) is 2.73. The fourth-order valence-corrected chi connectivity index (χ4v) is 4.70. The van der Waals surface area contributed by atoms with Gasteiger partial charge >= 0.3 is 0 Å². The summed E-state index contributed by atoms with van der Waals surface area (Å²) in [6, 6.07) is 11.4. The molecule has 3 aromatic heterocycles. The molecule has 1 saturated heterocycles. The summed E-state index contributed by atoms with van der Waals surface area (Å²) in [6.07, 6.45) is 3.08. The van der Waals surface area contributed by atoms with Gasteiger partial charge in [0.05, 0.1) is 5.39 Å².